The Bertz CT molecular complexity index is 650. The normalized spacial score (nSPS) is 20.0. The molecule has 112 valence electrons. The van der Waals surface area contributed by atoms with E-state index in [1.165, 1.54) is 19.3 Å². The fourth-order valence-electron chi connectivity index (χ4n) is 3.33. The number of likely N-dealkylation sites (N-methyl/N-ethyl adjacent to an activating group) is 1. The van der Waals surface area contributed by atoms with E-state index in [1.807, 2.05) is 10.6 Å². The molecule has 1 atom stereocenters. The predicted molar refractivity (Wildman–Crippen MR) is 80.7 cm³/mol. The molecular formula is C16H21N3O2. The summed E-state index contributed by atoms with van der Waals surface area (Å²) >= 11 is 0. The first-order valence-electron chi connectivity index (χ1n) is 7.63. The number of nitrogens with zero attached hydrogens (tertiary/aromatic N) is 3. The molecule has 0 radical (unpaired) electrons. The van der Waals surface area contributed by atoms with Gasteiger partial charge in [0.2, 0.25) is 0 Å². The van der Waals surface area contributed by atoms with E-state index in [4.69, 9.17) is 0 Å². The number of aromatic carboxylic acids is 1. The molecule has 0 amide bonds. The second-order valence-electron chi connectivity index (χ2n) is 5.64. The van der Waals surface area contributed by atoms with Crippen molar-refractivity contribution in [2.24, 2.45) is 0 Å². The van der Waals surface area contributed by atoms with Crippen LogP contribution < -0.4 is 0 Å². The molecule has 0 aliphatic carbocycles. The highest BCUT2D eigenvalue weighted by molar-refractivity contribution is 5.95. The molecular weight excluding hydrogens is 266 g/mol. The molecule has 1 saturated heterocycles. The zero-order chi connectivity index (χ0) is 14.8. The van der Waals surface area contributed by atoms with Crippen LogP contribution in [0.5, 0.6) is 0 Å². The summed E-state index contributed by atoms with van der Waals surface area (Å²) in [4.78, 5) is 18.2. The average Bonchev–Trinajstić information content (AvgIpc) is 2.91. The lowest BCUT2D eigenvalue weighted by Gasteiger charge is -2.34. The smallest absolute Gasteiger partial charge is 0.337 e. The van der Waals surface area contributed by atoms with E-state index in [2.05, 4.69) is 16.8 Å². The van der Waals surface area contributed by atoms with E-state index in [1.54, 1.807) is 18.3 Å². The van der Waals surface area contributed by atoms with Crippen LogP contribution in [0.15, 0.2) is 24.5 Å². The maximum Gasteiger partial charge on any atom is 0.337 e. The van der Waals surface area contributed by atoms with E-state index in [-0.39, 0.29) is 0 Å². The van der Waals surface area contributed by atoms with Crippen LogP contribution in [-0.4, -0.2) is 44.5 Å². The molecule has 3 heterocycles. The van der Waals surface area contributed by atoms with Gasteiger partial charge in [-0.15, -0.1) is 0 Å². The number of rotatable bonds is 4. The first-order chi connectivity index (χ1) is 10.2. The minimum atomic E-state index is -0.903. The summed E-state index contributed by atoms with van der Waals surface area (Å²) in [6.45, 7) is 4.42. The summed E-state index contributed by atoms with van der Waals surface area (Å²) in [5.41, 5.74) is 0.992. The maximum atomic E-state index is 11.3. The second kappa shape index (κ2) is 5.85. The van der Waals surface area contributed by atoms with Crippen molar-refractivity contribution >= 4 is 11.5 Å². The Balaban J connectivity index is 1.91. The van der Waals surface area contributed by atoms with Crippen molar-refractivity contribution in [2.45, 2.75) is 38.6 Å². The third kappa shape index (κ3) is 2.65. The van der Waals surface area contributed by atoms with Crippen molar-refractivity contribution in [3.8, 4) is 0 Å². The van der Waals surface area contributed by atoms with Gasteiger partial charge in [-0.3, -0.25) is 0 Å². The Morgan fingerprint density at radius 3 is 3.10 bits per heavy atom. The molecule has 5 heteroatoms. The molecule has 1 N–H and O–H groups in total. The molecule has 21 heavy (non-hydrogen) atoms. The fourth-order valence-corrected chi connectivity index (χ4v) is 3.33. The molecule has 0 bridgehead atoms. The lowest BCUT2D eigenvalue weighted by molar-refractivity contribution is 0.0698. The van der Waals surface area contributed by atoms with Gasteiger partial charge in [0.05, 0.1) is 17.3 Å². The van der Waals surface area contributed by atoms with Crippen molar-refractivity contribution in [3.05, 3.63) is 35.9 Å². The number of carboxylic acids is 1. The van der Waals surface area contributed by atoms with E-state index in [0.717, 1.165) is 25.3 Å². The van der Waals surface area contributed by atoms with E-state index >= 15 is 0 Å². The Morgan fingerprint density at radius 1 is 1.48 bits per heavy atom. The number of fused-ring (bicyclic) bond motifs is 1. The van der Waals surface area contributed by atoms with E-state index in [9.17, 15) is 9.90 Å². The van der Waals surface area contributed by atoms with Gasteiger partial charge in [0.15, 0.2) is 0 Å². The summed E-state index contributed by atoms with van der Waals surface area (Å²) in [5.74, 6) is 0.0540. The van der Waals surface area contributed by atoms with Crippen LogP contribution in [0.2, 0.25) is 0 Å². The molecule has 2 aromatic rings. The fraction of sp³-hybridized carbons (Fsp3) is 0.500. The molecule has 1 unspecified atom stereocenters. The molecule has 1 aliphatic heterocycles. The number of hydrogen-bond donors (Lipinski definition) is 1. The predicted octanol–water partition coefficient (Wildman–Crippen LogP) is 2.45. The molecule has 3 rings (SSSR count). The standard InChI is InChI=1S/C16H21N3O2/c1-2-18-8-4-3-6-12(18)10-15-17-11-14-13(16(20)21)7-5-9-19(14)15/h5,7,9,11-12H,2-4,6,8,10H2,1H3,(H,20,21). The van der Waals surface area contributed by atoms with Crippen molar-refractivity contribution in [1.29, 1.82) is 0 Å². The summed E-state index contributed by atoms with van der Waals surface area (Å²) in [5, 5.41) is 9.24. The Labute approximate surface area is 124 Å². The number of piperidine rings is 1. The molecule has 2 aromatic heterocycles. The molecule has 0 aromatic carbocycles. The summed E-state index contributed by atoms with van der Waals surface area (Å²) in [6.07, 6.45) is 8.20. The van der Waals surface area contributed by atoms with E-state index < -0.39 is 5.97 Å². The highest BCUT2D eigenvalue weighted by Gasteiger charge is 2.23. The Kier molecular flexibility index (Phi) is 3.92. The molecule has 0 saturated carbocycles. The maximum absolute atomic E-state index is 11.3. The zero-order valence-corrected chi connectivity index (χ0v) is 12.3. The quantitative estimate of drug-likeness (QED) is 0.938. The SMILES string of the molecule is CCN1CCCCC1Cc1ncc2c(C(=O)O)cccn12. The van der Waals surface area contributed by atoms with Gasteiger partial charge in [0, 0.05) is 18.7 Å². The van der Waals surface area contributed by atoms with Gasteiger partial charge in [0.1, 0.15) is 5.82 Å². The monoisotopic (exact) mass is 287 g/mol. The molecule has 1 fully saturated rings. The Morgan fingerprint density at radius 2 is 2.33 bits per heavy atom. The number of aromatic nitrogens is 2. The van der Waals surface area contributed by atoms with Crippen LogP contribution >= 0.6 is 0 Å². The van der Waals surface area contributed by atoms with Crippen molar-refractivity contribution in [1.82, 2.24) is 14.3 Å². The summed E-state index contributed by atoms with van der Waals surface area (Å²) < 4.78 is 1.92. The first kappa shape index (κ1) is 14.1. The minimum Gasteiger partial charge on any atom is -0.478 e. The van der Waals surface area contributed by atoms with Crippen LogP contribution in [0.4, 0.5) is 0 Å². The molecule has 5 nitrogen and oxygen atoms in total. The van der Waals surface area contributed by atoms with Crippen molar-refractivity contribution in [3.63, 3.8) is 0 Å². The van der Waals surface area contributed by atoms with Crippen molar-refractivity contribution in [2.75, 3.05) is 13.1 Å². The van der Waals surface area contributed by atoms with Crippen LogP contribution in [0, 0.1) is 0 Å². The van der Waals surface area contributed by atoms with Gasteiger partial charge in [-0.2, -0.15) is 0 Å². The lowest BCUT2D eigenvalue weighted by Crippen LogP contribution is -2.40. The lowest BCUT2D eigenvalue weighted by atomic mass is 9.99. The summed E-state index contributed by atoms with van der Waals surface area (Å²) in [7, 11) is 0. The number of pyridine rings is 1. The third-order valence-electron chi connectivity index (χ3n) is 4.45. The van der Waals surface area contributed by atoms with Gasteiger partial charge in [-0.05, 0) is 38.1 Å². The third-order valence-corrected chi connectivity index (χ3v) is 4.45. The van der Waals surface area contributed by atoms with Gasteiger partial charge in [0.25, 0.3) is 0 Å². The van der Waals surface area contributed by atoms with Crippen LogP contribution in [0.3, 0.4) is 0 Å². The highest BCUT2D eigenvalue weighted by Crippen LogP contribution is 2.21. The average molecular weight is 287 g/mol. The number of likely N-dealkylation sites (tertiary alicyclic amines) is 1. The first-order valence-corrected chi connectivity index (χ1v) is 7.63. The zero-order valence-electron chi connectivity index (χ0n) is 12.3. The molecule has 1 aliphatic rings. The second-order valence-corrected chi connectivity index (χ2v) is 5.64. The van der Waals surface area contributed by atoms with Gasteiger partial charge >= 0.3 is 5.97 Å². The van der Waals surface area contributed by atoms with Crippen LogP contribution in [0.1, 0.15) is 42.4 Å². The number of imidazole rings is 1. The van der Waals surface area contributed by atoms with Gasteiger partial charge in [-0.25, -0.2) is 9.78 Å². The van der Waals surface area contributed by atoms with Gasteiger partial charge in [-0.1, -0.05) is 13.3 Å². The highest BCUT2D eigenvalue weighted by atomic mass is 16.4. The number of carboxylic acid groups (broad SMARTS) is 1. The molecule has 0 spiro atoms. The summed E-state index contributed by atoms with van der Waals surface area (Å²) in [6, 6.07) is 3.92. The van der Waals surface area contributed by atoms with E-state index in [0.29, 0.717) is 17.1 Å². The Hall–Kier alpha value is -1.88. The largest absolute Gasteiger partial charge is 0.478 e. The topological polar surface area (TPSA) is 57.8 Å². The minimum absolute atomic E-state index is 0.312. The number of hydrogen-bond acceptors (Lipinski definition) is 3. The van der Waals surface area contributed by atoms with Crippen LogP contribution in [0.25, 0.3) is 5.52 Å². The van der Waals surface area contributed by atoms with Gasteiger partial charge < -0.3 is 14.4 Å². The van der Waals surface area contributed by atoms with Crippen molar-refractivity contribution < 1.29 is 9.90 Å². The van der Waals surface area contributed by atoms with Crippen LogP contribution in [-0.2, 0) is 6.42 Å². The number of carbonyl (C=O) groups is 1.